The van der Waals surface area contributed by atoms with E-state index in [4.69, 9.17) is 32.7 Å². The average molecular weight is 507 g/mol. The van der Waals surface area contributed by atoms with E-state index >= 15 is 0 Å². The Balaban J connectivity index is 1.84. The van der Waals surface area contributed by atoms with E-state index in [-0.39, 0.29) is 0 Å². The van der Waals surface area contributed by atoms with Crippen LogP contribution in [0.5, 0.6) is 11.5 Å². The van der Waals surface area contributed by atoms with Crippen molar-refractivity contribution >= 4 is 51.0 Å². The Morgan fingerprint density at radius 1 is 0.967 bits per heavy atom. The van der Waals surface area contributed by atoms with Gasteiger partial charge in [0.25, 0.3) is 0 Å². The second-order valence-corrected chi connectivity index (χ2v) is 8.51. The first kappa shape index (κ1) is 22.7. The molecule has 6 heteroatoms. The molecule has 0 spiro atoms. The van der Waals surface area contributed by atoms with E-state index in [2.05, 4.69) is 46.9 Å². The molecule has 0 saturated carbocycles. The van der Waals surface area contributed by atoms with Crippen molar-refractivity contribution in [1.82, 2.24) is 0 Å². The average Bonchev–Trinajstić information content (AvgIpc) is 2.70. The monoisotopic (exact) mass is 505 g/mol. The van der Waals surface area contributed by atoms with E-state index in [0.29, 0.717) is 34.8 Å². The Kier molecular flexibility index (Phi) is 7.81. The standard InChI is InChI=1S/C24H22BrCl2NO2/c1-4-29-23-11-17(13-28-20-8-5-15(2)16(3)9-20)10-21(25)24(23)30-14-18-6-7-19(26)12-22(18)27/h5-13H,4,14H2,1-3H3. The maximum absolute atomic E-state index is 6.26. The maximum atomic E-state index is 6.26. The van der Waals surface area contributed by atoms with E-state index in [1.807, 2.05) is 37.4 Å². The summed E-state index contributed by atoms with van der Waals surface area (Å²) < 4.78 is 12.6. The van der Waals surface area contributed by atoms with Crippen LogP contribution in [0.2, 0.25) is 10.0 Å². The molecule has 3 rings (SSSR count). The summed E-state index contributed by atoms with van der Waals surface area (Å²) in [4.78, 5) is 4.59. The summed E-state index contributed by atoms with van der Waals surface area (Å²) >= 11 is 15.8. The van der Waals surface area contributed by atoms with Crippen molar-refractivity contribution in [3.63, 3.8) is 0 Å². The first-order valence-electron chi connectivity index (χ1n) is 9.51. The summed E-state index contributed by atoms with van der Waals surface area (Å²) in [5.74, 6) is 1.25. The molecular weight excluding hydrogens is 485 g/mol. The molecule has 0 amide bonds. The molecule has 0 aromatic heterocycles. The Labute approximate surface area is 195 Å². The minimum atomic E-state index is 0.296. The van der Waals surface area contributed by atoms with E-state index in [1.54, 1.807) is 12.1 Å². The Hall–Kier alpha value is -2.01. The van der Waals surface area contributed by atoms with E-state index in [0.717, 1.165) is 21.3 Å². The topological polar surface area (TPSA) is 30.8 Å². The third-order valence-corrected chi connectivity index (χ3v) is 5.75. The molecule has 0 fully saturated rings. The predicted molar refractivity (Wildman–Crippen MR) is 129 cm³/mol. The summed E-state index contributed by atoms with van der Waals surface area (Å²) in [7, 11) is 0. The maximum Gasteiger partial charge on any atom is 0.175 e. The Bertz CT molecular complexity index is 1080. The molecule has 3 nitrogen and oxygen atoms in total. The zero-order valence-corrected chi connectivity index (χ0v) is 20.1. The van der Waals surface area contributed by atoms with Crippen molar-refractivity contribution in [1.29, 1.82) is 0 Å². The van der Waals surface area contributed by atoms with Crippen LogP contribution in [0.4, 0.5) is 5.69 Å². The first-order valence-corrected chi connectivity index (χ1v) is 11.1. The number of ether oxygens (including phenoxy) is 2. The van der Waals surface area contributed by atoms with Crippen molar-refractivity contribution in [2.45, 2.75) is 27.4 Å². The number of halogens is 3. The van der Waals surface area contributed by atoms with Crippen LogP contribution in [0.1, 0.15) is 29.2 Å². The quantitative estimate of drug-likeness (QED) is 0.303. The van der Waals surface area contributed by atoms with Crippen LogP contribution >= 0.6 is 39.1 Å². The molecule has 0 unspecified atom stereocenters. The lowest BCUT2D eigenvalue weighted by Gasteiger charge is -2.15. The van der Waals surface area contributed by atoms with E-state index in [9.17, 15) is 0 Å². The van der Waals surface area contributed by atoms with Gasteiger partial charge in [-0.25, -0.2) is 0 Å². The van der Waals surface area contributed by atoms with Gasteiger partial charge in [-0.2, -0.15) is 0 Å². The second-order valence-electron chi connectivity index (χ2n) is 6.81. The number of hydrogen-bond acceptors (Lipinski definition) is 3. The predicted octanol–water partition coefficient (Wildman–Crippen LogP) is 8.10. The highest BCUT2D eigenvalue weighted by atomic mass is 79.9. The molecule has 3 aromatic rings. The highest BCUT2D eigenvalue weighted by molar-refractivity contribution is 9.10. The molecular formula is C24H22BrCl2NO2. The summed E-state index contributed by atoms with van der Waals surface area (Å²) in [6, 6.07) is 15.3. The zero-order valence-electron chi connectivity index (χ0n) is 17.0. The van der Waals surface area contributed by atoms with Crippen molar-refractivity contribution in [3.05, 3.63) is 85.3 Å². The van der Waals surface area contributed by atoms with Crippen LogP contribution in [0.3, 0.4) is 0 Å². The molecule has 156 valence electrons. The zero-order chi connectivity index (χ0) is 21.7. The molecule has 0 atom stereocenters. The second kappa shape index (κ2) is 10.3. The summed E-state index contributed by atoms with van der Waals surface area (Å²) in [5.41, 5.74) is 5.11. The molecule has 3 aromatic carbocycles. The number of hydrogen-bond donors (Lipinski definition) is 0. The number of benzene rings is 3. The smallest absolute Gasteiger partial charge is 0.175 e. The Morgan fingerprint density at radius 3 is 2.47 bits per heavy atom. The lowest BCUT2D eigenvalue weighted by atomic mass is 10.1. The van der Waals surface area contributed by atoms with Gasteiger partial charge in [0.2, 0.25) is 0 Å². The summed E-state index contributed by atoms with van der Waals surface area (Å²) in [6.07, 6.45) is 1.82. The van der Waals surface area contributed by atoms with E-state index < -0.39 is 0 Å². The molecule has 30 heavy (non-hydrogen) atoms. The SMILES string of the molecule is CCOc1cc(C=Nc2ccc(C)c(C)c2)cc(Br)c1OCc1ccc(Cl)cc1Cl. The number of aryl methyl sites for hydroxylation is 2. The van der Waals surface area contributed by atoms with Crippen LogP contribution < -0.4 is 9.47 Å². The fourth-order valence-electron chi connectivity index (χ4n) is 2.81. The minimum absolute atomic E-state index is 0.296. The van der Waals surface area contributed by atoms with Crippen molar-refractivity contribution < 1.29 is 9.47 Å². The van der Waals surface area contributed by atoms with Crippen LogP contribution in [-0.2, 0) is 6.61 Å². The molecule has 0 radical (unpaired) electrons. The Morgan fingerprint density at radius 2 is 1.77 bits per heavy atom. The van der Waals surface area contributed by atoms with Gasteiger partial charge in [0.05, 0.1) is 16.8 Å². The van der Waals surface area contributed by atoms with Gasteiger partial charge in [-0.1, -0.05) is 35.3 Å². The van der Waals surface area contributed by atoms with Crippen molar-refractivity contribution in [2.24, 2.45) is 4.99 Å². The number of nitrogens with zero attached hydrogens (tertiary/aromatic N) is 1. The normalized spacial score (nSPS) is 11.1. The molecule has 0 bridgehead atoms. The highest BCUT2D eigenvalue weighted by Gasteiger charge is 2.13. The molecule has 0 aliphatic heterocycles. The van der Waals surface area contributed by atoms with Crippen molar-refractivity contribution in [3.8, 4) is 11.5 Å². The van der Waals surface area contributed by atoms with Gasteiger partial charge >= 0.3 is 0 Å². The van der Waals surface area contributed by atoms with Crippen LogP contribution in [0, 0.1) is 13.8 Å². The van der Waals surface area contributed by atoms with Gasteiger partial charge in [-0.05, 0) is 89.8 Å². The lowest BCUT2D eigenvalue weighted by Crippen LogP contribution is -2.02. The molecule has 0 N–H and O–H groups in total. The summed E-state index contributed by atoms with van der Waals surface area (Å²) in [6.45, 7) is 6.91. The summed E-state index contributed by atoms with van der Waals surface area (Å²) in [5, 5.41) is 1.15. The number of rotatable bonds is 7. The molecule has 0 heterocycles. The van der Waals surface area contributed by atoms with Crippen LogP contribution in [0.25, 0.3) is 0 Å². The van der Waals surface area contributed by atoms with Gasteiger partial charge in [-0.3, -0.25) is 4.99 Å². The highest BCUT2D eigenvalue weighted by Crippen LogP contribution is 2.37. The van der Waals surface area contributed by atoms with Gasteiger partial charge in [0, 0.05) is 21.8 Å². The first-order chi connectivity index (χ1) is 14.4. The fourth-order valence-corrected chi connectivity index (χ4v) is 3.85. The minimum Gasteiger partial charge on any atom is -0.490 e. The molecule has 0 aliphatic carbocycles. The molecule has 0 saturated heterocycles. The van der Waals surface area contributed by atoms with Gasteiger partial charge < -0.3 is 9.47 Å². The van der Waals surface area contributed by atoms with Gasteiger partial charge in [0.15, 0.2) is 11.5 Å². The van der Waals surface area contributed by atoms with Crippen LogP contribution in [0.15, 0.2) is 58.0 Å². The van der Waals surface area contributed by atoms with E-state index in [1.165, 1.54) is 11.1 Å². The third-order valence-electron chi connectivity index (χ3n) is 4.57. The van der Waals surface area contributed by atoms with Crippen LogP contribution in [-0.4, -0.2) is 12.8 Å². The van der Waals surface area contributed by atoms with Crippen molar-refractivity contribution in [2.75, 3.05) is 6.61 Å². The molecule has 0 aliphatic rings. The largest absolute Gasteiger partial charge is 0.490 e. The van der Waals surface area contributed by atoms with Gasteiger partial charge in [0.1, 0.15) is 6.61 Å². The number of aliphatic imine (C=N–C) groups is 1. The van der Waals surface area contributed by atoms with Gasteiger partial charge in [-0.15, -0.1) is 0 Å². The lowest BCUT2D eigenvalue weighted by molar-refractivity contribution is 0.267. The fraction of sp³-hybridized carbons (Fsp3) is 0.208. The third kappa shape index (κ3) is 5.78.